The van der Waals surface area contributed by atoms with Crippen LogP contribution in [0.25, 0.3) is 20.3 Å². The number of hydrogen-bond acceptors (Lipinski definition) is 5. The van der Waals surface area contributed by atoms with Gasteiger partial charge in [-0.2, -0.15) is 0 Å². The van der Waals surface area contributed by atoms with Gasteiger partial charge in [0.15, 0.2) is 0 Å². The Morgan fingerprint density at radius 3 is 2.64 bits per heavy atom. The highest BCUT2D eigenvalue weighted by Gasteiger charge is 2.21. The first-order valence-electron chi connectivity index (χ1n) is 7.91. The van der Waals surface area contributed by atoms with Gasteiger partial charge in [0, 0.05) is 22.2 Å². The number of nitrogens with zero attached hydrogens (tertiary/aromatic N) is 2. The van der Waals surface area contributed by atoms with Gasteiger partial charge in [0.2, 0.25) is 0 Å². The number of fused-ring (bicyclic) bond motifs is 3. The maximum atomic E-state index is 4.53. The van der Waals surface area contributed by atoms with Crippen molar-refractivity contribution in [1.82, 2.24) is 15.3 Å². The van der Waals surface area contributed by atoms with Gasteiger partial charge in [-0.1, -0.05) is 18.2 Å². The highest BCUT2D eigenvalue weighted by molar-refractivity contribution is 7.25. The quantitative estimate of drug-likeness (QED) is 0.772. The summed E-state index contributed by atoms with van der Waals surface area (Å²) < 4.78 is 1.28. The molecule has 1 saturated carbocycles. The predicted octanol–water partition coefficient (Wildman–Crippen LogP) is 3.79. The maximum absolute atomic E-state index is 4.53. The number of nitrogens with one attached hydrogen (secondary N) is 2. The van der Waals surface area contributed by atoms with E-state index < -0.39 is 0 Å². The first-order valence-corrected chi connectivity index (χ1v) is 8.73. The Balaban J connectivity index is 1.67. The molecule has 1 aliphatic rings. The van der Waals surface area contributed by atoms with Crippen LogP contribution in [-0.4, -0.2) is 29.1 Å². The van der Waals surface area contributed by atoms with Crippen LogP contribution in [-0.2, 0) is 0 Å². The Bertz CT molecular complexity index is 790. The van der Waals surface area contributed by atoms with Gasteiger partial charge >= 0.3 is 0 Å². The molecule has 0 saturated heterocycles. The van der Waals surface area contributed by atoms with Crippen molar-refractivity contribution in [1.29, 1.82) is 0 Å². The van der Waals surface area contributed by atoms with Gasteiger partial charge in [0.25, 0.3) is 0 Å². The zero-order valence-corrected chi connectivity index (χ0v) is 13.5. The summed E-state index contributed by atoms with van der Waals surface area (Å²) in [7, 11) is 2.06. The van der Waals surface area contributed by atoms with Crippen molar-refractivity contribution in [2.75, 3.05) is 12.4 Å². The minimum absolute atomic E-state index is 0.515. The lowest BCUT2D eigenvalue weighted by atomic mass is 9.91. The summed E-state index contributed by atoms with van der Waals surface area (Å²) in [6.07, 6.45) is 6.52. The molecule has 22 heavy (non-hydrogen) atoms. The molecule has 0 unspecified atom stereocenters. The standard InChI is InChI=1S/C17H20N4S/c1-18-11-6-8-12(9-7-11)21-16-15-13-4-2-3-5-14(13)22-17(15)20-10-19-16/h2-5,10-12,18H,6-9H2,1H3,(H,19,20,21). The molecule has 0 amide bonds. The van der Waals surface area contributed by atoms with Gasteiger partial charge in [0.05, 0.1) is 5.39 Å². The molecule has 4 rings (SSSR count). The lowest BCUT2D eigenvalue weighted by Gasteiger charge is -2.29. The molecule has 5 heteroatoms. The fourth-order valence-electron chi connectivity index (χ4n) is 3.39. The van der Waals surface area contributed by atoms with E-state index in [9.17, 15) is 0 Å². The average molecular weight is 312 g/mol. The van der Waals surface area contributed by atoms with Gasteiger partial charge in [-0.15, -0.1) is 11.3 Å². The topological polar surface area (TPSA) is 49.8 Å². The van der Waals surface area contributed by atoms with Gasteiger partial charge in [-0.25, -0.2) is 9.97 Å². The van der Waals surface area contributed by atoms with E-state index >= 15 is 0 Å². The minimum Gasteiger partial charge on any atom is -0.367 e. The van der Waals surface area contributed by atoms with E-state index in [1.54, 1.807) is 17.7 Å². The normalized spacial score (nSPS) is 22.2. The summed E-state index contributed by atoms with van der Waals surface area (Å²) in [6.45, 7) is 0. The molecule has 0 radical (unpaired) electrons. The molecule has 1 aromatic carbocycles. The molecule has 0 aliphatic heterocycles. The summed E-state index contributed by atoms with van der Waals surface area (Å²) in [4.78, 5) is 10.1. The molecule has 3 aromatic rings. The molecule has 2 heterocycles. The van der Waals surface area contributed by atoms with Gasteiger partial charge in [-0.3, -0.25) is 0 Å². The Kier molecular flexibility index (Phi) is 3.68. The molecule has 1 fully saturated rings. The van der Waals surface area contributed by atoms with E-state index in [1.807, 2.05) is 0 Å². The number of anilines is 1. The Labute approximate surface area is 134 Å². The van der Waals surface area contributed by atoms with E-state index in [1.165, 1.54) is 41.2 Å². The van der Waals surface area contributed by atoms with Crippen molar-refractivity contribution in [2.24, 2.45) is 0 Å². The summed E-state index contributed by atoms with van der Waals surface area (Å²) in [5.41, 5.74) is 0. The maximum Gasteiger partial charge on any atom is 0.139 e. The minimum atomic E-state index is 0.515. The van der Waals surface area contributed by atoms with E-state index in [4.69, 9.17) is 0 Å². The third kappa shape index (κ3) is 2.44. The van der Waals surface area contributed by atoms with Gasteiger partial charge in [-0.05, 0) is 38.8 Å². The van der Waals surface area contributed by atoms with Crippen molar-refractivity contribution in [2.45, 2.75) is 37.8 Å². The largest absolute Gasteiger partial charge is 0.367 e. The molecule has 4 nitrogen and oxygen atoms in total. The van der Waals surface area contributed by atoms with Crippen LogP contribution >= 0.6 is 11.3 Å². The Morgan fingerprint density at radius 1 is 1.05 bits per heavy atom. The zero-order chi connectivity index (χ0) is 14.9. The number of benzene rings is 1. The van der Waals surface area contributed by atoms with Crippen LogP contribution in [0, 0.1) is 0 Å². The van der Waals surface area contributed by atoms with Crippen LogP contribution in [0.3, 0.4) is 0 Å². The second-order valence-corrected chi connectivity index (χ2v) is 7.01. The Morgan fingerprint density at radius 2 is 1.82 bits per heavy atom. The van der Waals surface area contributed by atoms with Crippen molar-refractivity contribution < 1.29 is 0 Å². The van der Waals surface area contributed by atoms with E-state index in [-0.39, 0.29) is 0 Å². The van der Waals surface area contributed by atoms with Crippen LogP contribution in [0.15, 0.2) is 30.6 Å². The summed E-state index contributed by atoms with van der Waals surface area (Å²) >= 11 is 1.74. The SMILES string of the molecule is CNC1CCC(Nc2ncnc3sc4ccccc4c23)CC1. The summed E-state index contributed by atoms with van der Waals surface area (Å²) in [5, 5.41) is 9.50. The first kappa shape index (κ1) is 13.9. The lowest BCUT2D eigenvalue weighted by Crippen LogP contribution is -2.35. The van der Waals surface area contributed by atoms with Crippen molar-refractivity contribution in [3.63, 3.8) is 0 Å². The first-order chi connectivity index (χ1) is 10.8. The molecular weight excluding hydrogens is 292 g/mol. The molecule has 0 atom stereocenters. The summed E-state index contributed by atoms with van der Waals surface area (Å²) in [6, 6.07) is 9.68. The molecule has 1 aliphatic carbocycles. The third-order valence-corrected chi connectivity index (χ3v) is 5.73. The second kappa shape index (κ2) is 5.82. The lowest BCUT2D eigenvalue weighted by molar-refractivity contribution is 0.371. The Hall–Kier alpha value is -1.72. The van der Waals surface area contributed by atoms with Crippen LogP contribution in [0.5, 0.6) is 0 Å². The van der Waals surface area contributed by atoms with Gasteiger partial charge < -0.3 is 10.6 Å². The number of thiophene rings is 1. The second-order valence-electron chi connectivity index (χ2n) is 5.98. The van der Waals surface area contributed by atoms with Crippen LogP contribution in [0.4, 0.5) is 5.82 Å². The van der Waals surface area contributed by atoms with E-state index in [2.05, 4.69) is 51.9 Å². The number of hydrogen-bond donors (Lipinski definition) is 2. The fourth-order valence-corrected chi connectivity index (χ4v) is 4.43. The summed E-state index contributed by atoms with van der Waals surface area (Å²) in [5.74, 6) is 0.996. The highest BCUT2D eigenvalue weighted by Crippen LogP contribution is 2.36. The van der Waals surface area contributed by atoms with Crippen LogP contribution in [0.1, 0.15) is 25.7 Å². The average Bonchev–Trinajstić information content (AvgIpc) is 2.95. The number of rotatable bonds is 3. The zero-order valence-electron chi connectivity index (χ0n) is 12.7. The molecular formula is C17H20N4S. The van der Waals surface area contributed by atoms with Crippen molar-refractivity contribution in [3.8, 4) is 0 Å². The molecule has 0 spiro atoms. The van der Waals surface area contributed by atoms with E-state index in [0.717, 1.165) is 10.6 Å². The monoisotopic (exact) mass is 312 g/mol. The molecule has 0 bridgehead atoms. The molecule has 2 N–H and O–H groups in total. The van der Waals surface area contributed by atoms with Gasteiger partial charge in [0.1, 0.15) is 17.0 Å². The molecule has 114 valence electrons. The smallest absolute Gasteiger partial charge is 0.139 e. The fraction of sp³-hybridized carbons (Fsp3) is 0.412. The highest BCUT2D eigenvalue weighted by atomic mass is 32.1. The molecule has 2 aromatic heterocycles. The number of aromatic nitrogens is 2. The third-order valence-electron chi connectivity index (χ3n) is 4.65. The van der Waals surface area contributed by atoms with Crippen molar-refractivity contribution in [3.05, 3.63) is 30.6 Å². The van der Waals surface area contributed by atoms with Crippen molar-refractivity contribution >= 4 is 37.5 Å². The van der Waals surface area contributed by atoms with Crippen LogP contribution < -0.4 is 10.6 Å². The predicted molar refractivity (Wildman–Crippen MR) is 93.6 cm³/mol. The van der Waals surface area contributed by atoms with E-state index in [0.29, 0.717) is 12.1 Å². The van der Waals surface area contributed by atoms with Crippen LogP contribution in [0.2, 0.25) is 0 Å².